The fourth-order valence-corrected chi connectivity index (χ4v) is 4.41. The Labute approximate surface area is 167 Å². The van der Waals surface area contributed by atoms with Crippen LogP contribution < -0.4 is 10.6 Å². The maximum absolute atomic E-state index is 14.2. The quantitative estimate of drug-likeness (QED) is 0.728. The number of aryl methyl sites for hydroxylation is 1. The molecule has 3 heterocycles. The topological polar surface area (TPSA) is 83.8 Å². The second-order valence-electron chi connectivity index (χ2n) is 6.89. The van der Waals surface area contributed by atoms with Crippen LogP contribution in [0.2, 0.25) is 0 Å². The number of benzene rings is 1. The molecule has 1 fully saturated rings. The number of nitriles is 1. The Morgan fingerprint density at radius 2 is 2.14 bits per heavy atom. The SMILES string of the molecule is CCn1cnc(-c2sc(N3CCC(N)CC3)nc2-c2ccc(C#N)c(F)c2)c1. The highest BCUT2D eigenvalue weighted by atomic mass is 32.1. The number of anilines is 1. The highest BCUT2D eigenvalue weighted by Crippen LogP contribution is 2.40. The minimum absolute atomic E-state index is 0.0287. The van der Waals surface area contributed by atoms with Crippen LogP contribution in [-0.4, -0.2) is 33.7 Å². The molecule has 1 aromatic carbocycles. The van der Waals surface area contributed by atoms with Gasteiger partial charge in [-0.25, -0.2) is 14.4 Å². The number of rotatable bonds is 4. The molecule has 0 bridgehead atoms. The Kier molecular flexibility index (Phi) is 5.11. The van der Waals surface area contributed by atoms with E-state index in [1.807, 2.05) is 16.8 Å². The lowest BCUT2D eigenvalue weighted by molar-refractivity contribution is 0.501. The molecule has 1 saturated heterocycles. The first-order chi connectivity index (χ1) is 13.6. The van der Waals surface area contributed by atoms with Gasteiger partial charge in [-0.3, -0.25) is 0 Å². The van der Waals surface area contributed by atoms with Gasteiger partial charge in [0.15, 0.2) is 5.13 Å². The molecule has 0 spiro atoms. The number of nitrogens with two attached hydrogens (primary N) is 1. The Morgan fingerprint density at radius 1 is 1.36 bits per heavy atom. The molecule has 0 radical (unpaired) electrons. The van der Waals surface area contributed by atoms with E-state index in [0.717, 1.165) is 48.2 Å². The van der Waals surface area contributed by atoms with Crippen molar-refractivity contribution in [2.45, 2.75) is 32.4 Å². The number of thiazole rings is 1. The van der Waals surface area contributed by atoms with E-state index in [0.29, 0.717) is 11.3 Å². The average molecular weight is 396 g/mol. The largest absolute Gasteiger partial charge is 0.348 e. The highest BCUT2D eigenvalue weighted by Gasteiger charge is 2.23. The third-order valence-electron chi connectivity index (χ3n) is 5.02. The van der Waals surface area contributed by atoms with E-state index >= 15 is 0 Å². The number of hydrogen-bond donors (Lipinski definition) is 1. The molecule has 0 atom stereocenters. The first-order valence-electron chi connectivity index (χ1n) is 9.32. The van der Waals surface area contributed by atoms with Gasteiger partial charge in [-0.05, 0) is 31.9 Å². The van der Waals surface area contributed by atoms with Crippen molar-refractivity contribution < 1.29 is 4.39 Å². The first kappa shape index (κ1) is 18.6. The van der Waals surface area contributed by atoms with E-state index < -0.39 is 5.82 Å². The zero-order valence-corrected chi connectivity index (χ0v) is 16.4. The Balaban J connectivity index is 1.79. The predicted octanol–water partition coefficient (Wildman–Crippen LogP) is 3.63. The molecule has 4 rings (SSSR count). The normalized spacial score (nSPS) is 15.0. The lowest BCUT2D eigenvalue weighted by Crippen LogP contribution is -2.39. The second-order valence-corrected chi connectivity index (χ2v) is 7.87. The van der Waals surface area contributed by atoms with Crippen molar-refractivity contribution in [3.63, 3.8) is 0 Å². The minimum Gasteiger partial charge on any atom is -0.348 e. The lowest BCUT2D eigenvalue weighted by Gasteiger charge is -2.29. The molecule has 8 heteroatoms. The highest BCUT2D eigenvalue weighted by molar-refractivity contribution is 7.19. The Bertz CT molecular complexity index is 1030. The van der Waals surface area contributed by atoms with Crippen molar-refractivity contribution in [3.05, 3.63) is 42.1 Å². The summed E-state index contributed by atoms with van der Waals surface area (Å²) in [7, 11) is 0. The van der Waals surface area contributed by atoms with Gasteiger partial charge >= 0.3 is 0 Å². The van der Waals surface area contributed by atoms with E-state index in [-0.39, 0.29) is 11.6 Å². The lowest BCUT2D eigenvalue weighted by atomic mass is 10.1. The van der Waals surface area contributed by atoms with Gasteiger partial charge in [0, 0.05) is 37.4 Å². The van der Waals surface area contributed by atoms with Crippen molar-refractivity contribution in [2.75, 3.05) is 18.0 Å². The van der Waals surface area contributed by atoms with Gasteiger partial charge in [0.05, 0.1) is 22.5 Å². The van der Waals surface area contributed by atoms with E-state index in [1.165, 1.54) is 12.1 Å². The molecule has 0 aliphatic carbocycles. The van der Waals surface area contributed by atoms with Gasteiger partial charge in [-0.15, -0.1) is 0 Å². The summed E-state index contributed by atoms with van der Waals surface area (Å²) in [4.78, 5) is 12.5. The summed E-state index contributed by atoms with van der Waals surface area (Å²) >= 11 is 1.57. The zero-order chi connectivity index (χ0) is 19.7. The molecule has 0 unspecified atom stereocenters. The monoisotopic (exact) mass is 396 g/mol. The van der Waals surface area contributed by atoms with Gasteiger partial charge in [0.1, 0.15) is 17.6 Å². The molecular formula is C20H21FN6S. The zero-order valence-electron chi connectivity index (χ0n) is 15.6. The van der Waals surface area contributed by atoms with Crippen molar-refractivity contribution >= 4 is 16.5 Å². The maximum atomic E-state index is 14.2. The molecule has 144 valence electrons. The number of nitrogens with zero attached hydrogens (tertiary/aromatic N) is 5. The number of piperidine rings is 1. The van der Waals surface area contributed by atoms with E-state index in [4.69, 9.17) is 16.0 Å². The van der Waals surface area contributed by atoms with Crippen molar-refractivity contribution in [3.8, 4) is 27.9 Å². The molecule has 0 saturated carbocycles. The van der Waals surface area contributed by atoms with Gasteiger partial charge in [0.2, 0.25) is 0 Å². The number of aromatic nitrogens is 3. The summed E-state index contributed by atoms with van der Waals surface area (Å²) in [5.41, 5.74) is 8.22. The number of imidazole rings is 1. The van der Waals surface area contributed by atoms with E-state index in [1.54, 1.807) is 23.7 Å². The minimum atomic E-state index is -0.538. The molecule has 2 aromatic heterocycles. The molecule has 6 nitrogen and oxygen atoms in total. The van der Waals surface area contributed by atoms with Crippen LogP contribution in [0.5, 0.6) is 0 Å². The third-order valence-corrected chi connectivity index (χ3v) is 6.16. The smallest absolute Gasteiger partial charge is 0.186 e. The first-order valence-corrected chi connectivity index (χ1v) is 10.1. The molecule has 0 amide bonds. The Morgan fingerprint density at radius 3 is 2.79 bits per heavy atom. The van der Waals surface area contributed by atoms with Crippen LogP contribution >= 0.6 is 11.3 Å². The summed E-state index contributed by atoms with van der Waals surface area (Å²) in [6.45, 7) is 4.60. The summed E-state index contributed by atoms with van der Waals surface area (Å²) < 4.78 is 16.2. The molecule has 3 aromatic rings. The standard InChI is InChI=1S/C20H21FN6S/c1-2-26-11-17(24-12-26)19-18(13-3-4-14(10-22)16(21)9-13)25-20(28-19)27-7-5-15(23)6-8-27/h3-4,9,11-12,15H,2,5-8,23H2,1H3. The fourth-order valence-electron chi connectivity index (χ4n) is 3.31. The molecule has 1 aliphatic heterocycles. The summed E-state index contributed by atoms with van der Waals surface area (Å²) in [5.74, 6) is -0.538. The number of halogens is 1. The average Bonchev–Trinajstić information content (AvgIpc) is 3.35. The van der Waals surface area contributed by atoms with Gasteiger partial charge in [0.25, 0.3) is 0 Å². The molecule has 1 aliphatic rings. The second kappa shape index (κ2) is 7.70. The molecule has 28 heavy (non-hydrogen) atoms. The van der Waals surface area contributed by atoms with Crippen LogP contribution in [0.1, 0.15) is 25.3 Å². The van der Waals surface area contributed by atoms with Crippen molar-refractivity contribution in [2.24, 2.45) is 5.73 Å². The van der Waals surface area contributed by atoms with Crippen LogP contribution in [0, 0.1) is 17.1 Å². The van der Waals surface area contributed by atoms with Crippen LogP contribution in [0.4, 0.5) is 9.52 Å². The maximum Gasteiger partial charge on any atom is 0.186 e. The van der Waals surface area contributed by atoms with Gasteiger partial charge < -0.3 is 15.2 Å². The number of hydrogen-bond acceptors (Lipinski definition) is 6. The fraction of sp³-hybridized carbons (Fsp3) is 0.350. The Hall–Kier alpha value is -2.76. The van der Waals surface area contributed by atoms with E-state index in [9.17, 15) is 4.39 Å². The summed E-state index contributed by atoms with van der Waals surface area (Å²) in [6.07, 6.45) is 5.63. The molecular weight excluding hydrogens is 375 g/mol. The summed E-state index contributed by atoms with van der Waals surface area (Å²) in [5, 5.41) is 9.90. The van der Waals surface area contributed by atoms with Gasteiger partial charge in [-0.2, -0.15) is 5.26 Å². The van der Waals surface area contributed by atoms with Crippen LogP contribution in [-0.2, 0) is 6.54 Å². The van der Waals surface area contributed by atoms with E-state index in [2.05, 4.69) is 16.8 Å². The third kappa shape index (κ3) is 3.51. The van der Waals surface area contributed by atoms with Crippen molar-refractivity contribution in [1.82, 2.24) is 14.5 Å². The van der Waals surface area contributed by atoms with Crippen LogP contribution in [0.15, 0.2) is 30.7 Å². The molecule has 2 N–H and O–H groups in total. The van der Waals surface area contributed by atoms with Gasteiger partial charge in [-0.1, -0.05) is 17.4 Å². The summed E-state index contributed by atoms with van der Waals surface area (Å²) in [6, 6.07) is 6.72. The predicted molar refractivity (Wildman–Crippen MR) is 109 cm³/mol. The van der Waals surface area contributed by atoms with Crippen molar-refractivity contribution in [1.29, 1.82) is 5.26 Å². The van der Waals surface area contributed by atoms with Crippen LogP contribution in [0.3, 0.4) is 0 Å². The van der Waals surface area contributed by atoms with Crippen LogP contribution in [0.25, 0.3) is 21.8 Å².